The Morgan fingerprint density at radius 2 is 1.88 bits per heavy atom. The van der Waals surface area contributed by atoms with Gasteiger partial charge >= 0.3 is 6.36 Å². The first-order valence-electron chi connectivity index (χ1n) is 7.25. The van der Waals surface area contributed by atoms with Gasteiger partial charge in [-0.15, -0.1) is 13.2 Å². The minimum atomic E-state index is -4.80. The van der Waals surface area contributed by atoms with Crippen LogP contribution in [0.1, 0.15) is 21.5 Å². The van der Waals surface area contributed by atoms with E-state index < -0.39 is 23.1 Å². The van der Waals surface area contributed by atoms with E-state index in [1.54, 1.807) is 36.6 Å². The second-order valence-electron chi connectivity index (χ2n) is 5.26. The molecule has 0 bridgehead atoms. The van der Waals surface area contributed by atoms with Gasteiger partial charge in [0.2, 0.25) is 0 Å². The smallest absolute Gasteiger partial charge is 0.405 e. The third-order valence-electron chi connectivity index (χ3n) is 3.20. The average Bonchev–Trinajstić information content (AvgIpc) is 2.52. The molecule has 4 nitrogen and oxygen atoms in total. The molecule has 25 heavy (non-hydrogen) atoms. The lowest BCUT2D eigenvalue weighted by Crippen LogP contribution is -2.24. The lowest BCUT2D eigenvalue weighted by atomic mass is 10.1. The van der Waals surface area contributed by atoms with Crippen LogP contribution < -0.4 is 10.1 Å². The van der Waals surface area contributed by atoms with Gasteiger partial charge < -0.3 is 10.1 Å². The lowest BCUT2D eigenvalue weighted by Gasteiger charge is -2.13. The number of carbonyl (C=O) groups excluding carboxylic acids is 1. The zero-order chi connectivity index (χ0) is 18.4. The van der Waals surface area contributed by atoms with Crippen molar-refractivity contribution in [2.75, 3.05) is 6.26 Å². The first-order chi connectivity index (χ1) is 11.7. The fourth-order valence-electron chi connectivity index (χ4n) is 2.19. The van der Waals surface area contributed by atoms with Crippen LogP contribution in [-0.4, -0.2) is 22.7 Å². The van der Waals surface area contributed by atoms with E-state index >= 15 is 0 Å². The number of para-hydroxylation sites is 1. The highest BCUT2D eigenvalue weighted by Gasteiger charge is 2.31. The van der Waals surface area contributed by atoms with Crippen LogP contribution in [0.3, 0.4) is 0 Å². The summed E-state index contributed by atoms with van der Waals surface area (Å²) in [7, 11) is -1.04. The molecule has 1 N–H and O–H groups in total. The molecule has 0 aliphatic rings. The number of benzene rings is 2. The van der Waals surface area contributed by atoms with E-state index in [9.17, 15) is 22.2 Å². The summed E-state index contributed by atoms with van der Waals surface area (Å²) in [5, 5.41) is 2.56. The average molecular weight is 371 g/mol. The molecule has 1 atom stereocenters. The summed E-state index contributed by atoms with van der Waals surface area (Å²) in [6, 6.07) is 12.2. The summed E-state index contributed by atoms with van der Waals surface area (Å²) >= 11 is 0. The van der Waals surface area contributed by atoms with E-state index in [1.807, 2.05) is 0 Å². The van der Waals surface area contributed by atoms with E-state index in [-0.39, 0.29) is 17.9 Å². The topological polar surface area (TPSA) is 55.4 Å². The number of carbonyl (C=O) groups is 1. The number of hydrogen-bond donors (Lipinski definition) is 1. The predicted molar refractivity (Wildman–Crippen MR) is 88.5 cm³/mol. The first-order valence-corrected chi connectivity index (χ1v) is 8.98. The molecule has 2 aromatic carbocycles. The Kier molecular flexibility index (Phi) is 6.19. The van der Waals surface area contributed by atoms with Crippen LogP contribution in [0.4, 0.5) is 13.2 Å². The molecule has 0 heterocycles. The van der Waals surface area contributed by atoms with Gasteiger partial charge in [0.05, 0.1) is 0 Å². The normalized spacial score (nSPS) is 12.5. The van der Waals surface area contributed by atoms with Crippen LogP contribution in [-0.2, 0) is 23.1 Å². The molecule has 0 aromatic heterocycles. The molecule has 0 saturated carbocycles. The van der Waals surface area contributed by atoms with Crippen molar-refractivity contribution in [2.45, 2.75) is 18.7 Å². The molecule has 0 radical (unpaired) electrons. The molecular weight excluding hydrogens is 355 g/mol. The molecule has 8 heteroatoms. The number of hydrogen-bond acceptors (Lipinski definition) is 3. The predicted octanol–water partition coefficient (Wildman–Crippen LogP) is 3.39. The molecule has 1 amide bonds. The fourth-order valence-corrected chi connectivity index (χ4v) is 2.84. The third-order valence-corrected chi connectivity index (χ3v) is 3.94. The molecule has 2 rings (SSSR count). The Hall–Kier alpha value is -2.35. The summed E-state index contributed by atoms with van der Waals surface area (Å²) < 4.78 is 52.4. The molecule has 0 aliphatic carbocycles. The largest absolute Gasteiger partial charge is 0.573 e. The maximum atomic E-state index is 12.4. The number of alkyl halides is 3. The van der Waals surface area contributed by atoms with Gasteiger partial charge in [-0.2, -0.15) is 0 Å². The Bertz CT molecular complexity index is 778. The quantitative estimate of drug-likeness (QED) is 0.847. The van der Waals surface area contributed by atoms with Gasteiger partial charge in [0.1, 0.15) is 5.75 Å². The van der Waals surface area contributed by atoms with Gasteiger partial charge in [-0.05, 0) is 23.8 Å². The summed E-state index contributed by atoms with van der Waals surface area (Å²) in [4.78, 5) is 12.2. The Morgan fingerprint density at radius 1 is 1.16 bits per heavy atom. The summed E-state index contributed by atoms with van der Waals surface area (Å²) in [5.74, 6) is -0.473. The van der Waals surface area contributed by atoms with E-state index in [0.717, 1.165) is 5.56 Å². The van der Waals surface area contributed by atoms with Crippen molar-refractivity contribution < 1.29 is 26.9 Å². The SMILES string of the molecule is CS(=O)Cc1cccc(C(=O)NCc2ccccc2OC(F)(F)F)c1. The van der Waals surface area contributed by atoms with Crippen molar-refractivity contribution in [3.8, 4) is 5.75 Å². The van der Waals surface area contributed by atoms with E-state index in [2.05, 4.69) is 10.1 Å². The zero-order valence-corrected chi connectivity index (χ0v) is 14.1. The monoisotopic (exact) mass is 371 g/mol. The van der Waals surface area contributed by atoms with Crippen LogP contribution in [0.5, 0.6) is 5.75 Å². The molecule has 2 aromatic rings. The molecule has 0 saturated heterocycles. The number of rotatable bonds is 6. The van der Waals surface area contributed by atoms with Gasteiger partial charge in [-0.3, -0.25) is 9.00 Å². The van der Waals surface area contributed by atoms with E-state index in [1.165, 1.54) is 18.2 Å². The van der Waals surface area contributed by atoms with E-state index in [0.29, 0.717) is 11.3 Å². The van der Waals surface area contributed by atoms with Crippen molar-refractivity contribution in [3.63, 3.8) is 0 Å². The van der Waals surface area contributed by atoms with Crippen LogP contribution in [0.2, 0.25) is 0 Å². The lowest BCUT2D eigenvalue weighted by molar-refractivity contribution is -0.274. The fraction of sp³-hybridized carbons (Fsp3) is 0.235. The Balaban J connectivity index is 2.07. The van der Waals surface area contributed by atoms with Crippen LogP contribution in [0.15, 0.2) is 48.5 Å². The molecule has 1 unspecified atom stereocenters. The highest BCUT2D eigenvalue weighted by Crippen LogP contribution is 2.26. The standard InChI is InChI=1S/C17H16F3NO3S/c1-25(23)11-12-5-4-7-13(9-12)16(22)21-10-14-6-2-3-8-15(14)24-17(18,19)20/h2-9H,10-11H2,1H3,(H,21,22). The molecule has 0 aliphatic heterocycles. The van der Waals surface area contributed by atoms with Crippen molar-refractivity contribution in [1.82, 2.24) is 5.32 Å². The Labute approximate surface area is 145 Å². The minimum absolute atomic E-state index is 0.116. The van der Waals surface area contributed by atoms with Crippen LogP contribution in [0.25, 0.3) is 0 Å². The third kappa shape index (κ3) is 6.22. The Morgan fingerprint density at radius 3 is 2.56 bits per heavy atom. The molecule has 0 fully saturated rings. The van der Waals surface area contributed by atoms with Crippen molar-refractivity contribution in [1.29, 1.82) is 0 Å². The molecular formula is C17H16F3NO3S. The first kappa shape index (κ1) is 19.0. The van der Waals surface area contributed by atoms with Gasteiger partial charge in [0, 0.05) is 40.5 Å². The van der Waals surface area contributed by atoms with Crippen molar-refractivity contribution in [2.24, 2.45) is 0 Å². The highest BCUT2D eigenvalue weighted by molar-refractivity contribution is 7.83. The van der Waals surface area contributed by atoms with Crippen molar-refractivity contribution >= 4 is 16.7 Å². The number of halogens is 3. The number of amides is 1. The minimum Gasteiger partial charge on any atom is -0.405 e. The van der Waals surface area contributed by atoms with Crippen LogP contribution >= 0.6 is 0 Å². The van der Waals surface area contributed by atoms with E-state index in [4.69, 9.17) is 0 Å². The summed E-state index contributed by atoms with van der Waals surface area (Å²) in [6.45, 7) is -0.116. The van der Waals surface area contributed by atoms with Gasteiger partial charge in [0.15, 0.2) is 0 Å². The zero-order valence-electron chi connectivity index (χ0n) is 13.3. The second kappa shape index (κ2) is 8.15. The summed E-state index contributed by atoms with van der Waals surface area (Å²) in [5.41, 5.74) is 1.30. The van der Waals surface area contributed by atoms with Crippen LogP contribution in [0, 0.1) is 0 Å². The number of nitrogens with one attached hydrogen (secondary N) is 1. The number of ether oxygens (including phenoxy) is 1. The molecule has 0 spiro atoms. The van der Waals surface area contributed by atoms with Crippen molar-refractivity contribution in [3.05, 3.63) is 65.2 Å². The maximum absolute atomic E-state index is 12.4. The second-order valence-corrected chi connectivity index (χ2v) is 6.69. The highest BCUT2D eigenvalue weighted by atomic mass is 32.2. The van der Waals surface area contributed by atoms with Gasteiger partial charge in [-0.25, -0.2) is 0 Å². The van der Waals surface area contributed by atoms with Gasteiger partial charge in [-0.1, -0.05) is 30.3 Å². The molecule has 134 valence electrons. The van der Waals surface area contributed by atoms with Gasteiger partial charge in [0.25, 0.3) is 5.91 Å². The maximum Gasteiger partial charge on any atom is 0.573 e. The summed E-state index contributed by atoms with van der Waals surface area (Å²) in [6.07, 6.45) is -3.24.